The van der Waals surface area contributed by atoms with Gasteiger partial charge in [0, 0.05) is 38.6 Å². The molecule has 1 aliphatic rings. The predicted octanol–water partition coefficient (Wildman–Crippen LogP) is 0.708. The van der Waals surface area contributed by atoms with Gasteiger partial charge < -0.3 is 15.2 Å². The van der Waals surface area contributed by atoms with Crippen molar-refractivity contribution >= 4 is 0 Å². The van der Waals surface area contributed by atoms with E-state index >= 15 is 0 Å². The van der Waals surface area contributed by atoms with E-state index in [-0.39, 0.29) is 0 Å². The van der Waals surface area contributed by atoms with E-state index in [2.05, 4.69) is 34.5 Å². The second-order valence-corrected chi connectivity index (χ2v) is 4.26. The number of aromatic amines is 1. The molecule has 2 heterocycles. The molecule has 0 unspecified atom stereocenters. The van der Waals surface area contributed by atoms with Gasteiger partial charge in [-0.1, -0.05) is 0 Å². The fraction of sp³-hybridized carbons (Fsp3) is 0.636. The Bertz CT molecular complexity index is 252. The molecule has 0 bridgehead atoms. The van der Waals surface area contributed by atoms with E-state index in [0.29, 0.717) is 0 Å². The van der Waals surface area contributed by atoms with Crippen molar-refractivity contribution in [3.05, 3.63) is 24.0 Å². The number of likely N-dealkylation sites (N-methyl/N-ethyl adjacent to an activating group) is 1. The largest absolute Gasteiger partial charge is 0.367 e. The van der Waals surface area contributed by atoms with Crippen molar-refractivity contribution < 1.29 is 0 Å². The van der Waals surface area contributed by atoms with Gasteiger partial charge in [-0.25, -0.2) is 0 Å². The molecular formula is C11H19N3. The summed E-state index contributed by atoms with van der Waals surface area (Å²) in [6, 6.07) is 2.15. The van der Waals surface area contributed by atoms with Crippen molar-refractivity contribution in [2.75, 3.05) is 33.2 Å². The lowest BCUT2D eigenvalue weighted by molar-refractivity contribution is 0.226. The van der Waals surface area contributed by atoms with Crippen molar-refractivity contribution in [3.8, 4) is 0 Å². The van der Waals surface area contributed by atoms with Crippen LogP contribution in [0.1, 0.15) is 5.56 Å². The molecule has 1 aromatic heterocycles. The minimum atomic E-state index is 0.881. The zero-order valence-corrected chi connectivity index (χ0v) is 8.79. The Labute approximate surface area is 85.5 Å². The minimum absolute atomic E-state index is 0.881. The maximum Gasteiger partial charge on any atom is 0.00378 e. The smallest absolute Gasteiger partial charge is 0.00378 e. The van der Waals surface area contributed by atoms with Crippen molar-refractivity contribution in [1.29, 1.82) is 0 Å². The summed E-state index contributed by atoms with van der Waals surface area (Å²) in [6.45, 7) is 4.80. The molecule has 1 aliphatic heterocycles. The quantitative estimate of drug-likeness (QED) is 0.721. The third-order valence-electron chi connectivity index (χ3n) is 2.88. The second kappa shape index (κ2) is 4.62. The molecule has 2 rings (SSSR count). The summed E-state index contributed by atoms with van der Waals surface area (Å²) in [5.41, 5.74) is 1.41. The molecule has 0 radical (unpaired) electrons. The molecule has 3 nitrogen and oxygen atoms in total. The number of hydrogen-bond donors (Lipinski definition) is 2. The van der Waals surface area contributed by atoms with Gasteiger partial charge in [0.25, 0.3) is 0 Å². The van der Waals surface area contributed by atoms with Crippen LogP contribution in [-0.2, 0) is 6.42 Å². The fourth-order valence-corrected chi connectivity index (χ4v) is 1.84. The van der Waals surface area contributed by atoms with Crippen LogP contribution in [0.4, 0.5) is 0 Å². The van der Waals surface area contributed by atoms with Gasteiger partial charge in [-0.3, -0.25) is 0 Å². The van der Waals surface area contributed by atoms with Gasteiger partial charge in [0.15, 0.2) is 0 Å². The first-order valence-corrected chi connectivity index (χ1v) is 5.35. The van der Waals surface area contributed by atoms with Crippen LogP contribution in [0, 0.1) is 5.92 Å². The Kier molecular flexibility index (Phi) is 3.22. The van der Waals surface area contributed by atoms with Crippen molar-refractivity contribution in [2.45, 2.75) is 6.42 Å². The summed E-state index contributed by atoms with van der Waals surface area (Å²) in [5, 5.41) is 3.30. The Morgan fingerprint density at radius 2 is 2.36 bits per heavy atom. The van der Waals surface area contributed by atoms with Crippen molar-refractivity contribution in [2.24, 2.45) is 5.92 Å². The molecule has 1 saturated heterocycles. The molecule has 1 fully saturated rings. The summed E-state index contributed by atoms with van der Waals surface area (Å²) >= 11 is 0. The molecular weight excluding hydrogens is 174 g/mol. The van der Waals surface area contributed by atoms with Gasteiger partial charge in [-0.05, 0) is 31.0 Å². The highest BCUT2D eigenvalue weighted by Gasteiger charge is 2.17. The Morgan fingerprint density at radius 3 is 2.93 bits per heavy atom. The van der Waals surface area contributed by atoms with Gasteiger partial charge in [0.05, 0.1) is 0 Å². The Morgan fingerprint density at radius 1 is 1.50 bits per heavy atom. The molecule has 0 spiro atoms. The van der Waals surface area contributed by atoms with E-state index in [0.717, 1.165) is 18.9 Å². The second-order valence-electron chi connectivity index (χ2n) is 4.26. The van der Waals surface area contributed by atoms with E-state index in [1.807, 2.05) is 6.20 Å². The molecule has 3 heteroatoms. The monoisotopic (exact) mass is 193 g/mol. The summed E-state index contributed by atoms with van der Waals surface area (Å²) in [5.74, 6) is 0.881. The van der Waals surface area contributed by atoms with Crippen LogP contribution in [0.2, 0.25) is 0 Å². The number of aromatic nitrogens is 1. The zero-order valence-electron chi connectivity index (χ0n) is 8.79. The number of hydrogen-bond acceptors (Lipinski definition) is 2. The van der Waals surface area contributed by atoms with Crippen LogP contribution < -0.4 is 5.32 Å². The number of nitrogens with one attached hydrogen (secondary N) is 2. The average molecular weight is 193 g/mol. The molecule has 78 valence electrons. The van der Waals surface area contributed by atoms with Crippen LogP contribution >= 0.6 is 0 Å². The molecule has 1 aromatic rings. The Balaban J connectivity index is 1.64. The molecule has 0 aliphatic carbocycles. The van der Waals surface area contributed by atoms with E-state index < -0.39 is 0 Å². The van der Waals surface area contributed by atoms with Crippen LogP contribution in [0.15, 0.2) is 18.5 Å². The molecule has 0 aromatic carbocycles. The number of rotatable bonds is 5. The SMILES string of the molecule is CN(CCc1cc[nH]c1)CC1CNC1. The average Bonchev–Trinajstić information content (AvgIpc) is 2.60. The number of H-pyrrole nitrogens is 1. The van der Waals surface area contributed by atoms with Crippen LogP contribution in [-0.4, -0.2) is 43.1 Å². The molecule has 2 N–H and O–H groups in total. The van der Waals surface area contributed by atoms with E-state index in [4.69, 9.17) is 0 Å². The maximum atomic E-state index is 3.30. The van der Waals surface area contributed by atoms with E-state index in [1.54, 1.807) is 0 Å². The molecule has 0 atom stereocenters. The Hall–Kier alpha value is -0.800. The van der Waals surface area contributed by atoms with Gasteiger partial charge in [-0.2, -0.15) is 0 Å². The highest BCUT2D eigenvalue weighted by atomic mass is 15.1. The first-order chi connectivity index (χ1) is 6.84. The predicted molar refractivity (Wildman–Crippen MR) is 58.4 cm³/mol. The lowest BCUT2D eigenvalue weighted by Crippen LogP contribution is -2.47. The standard InChI is InChI=1S/C11H19N3/c1-14(9-11-7-13-8-11)5-3-10-2-4-12-6-10/h2,4,6,11-13H,3,5,7-9H2,1H3. The van der Waals surface area contributed by atoms with Crippen molar-refractivity contribution in [3.63, 3.8) is 0 Å². The van der Waals surface area contributed by atoms with E-state index in [9.17, 15) is 0 Å². The van der Waals surface area contributed by atoms with Crippen LogP contribution in [0.5, 0.6) is 0 Å². The zero-order chi connectivity index (χ0) is 9.80. The summed E-state index contributed by atoms with van der Waals surface area (Å²) < 4.78 is 0. The lowest BCUT2D eigenvalue weighted by atomic mass is 10.0. The highest BCUT2D eigenvalue weighted by molar-refractivity contribution is 5.08. The van der Waals surface area contributed by atoms with Crippen LogP contribution in [0.3, 0.4) is 0 Å². The third-order valence-corrected chi connectivity index (χ3v) is 2.88. The summed E-state index contributed by atoms with van der Waals surface area (Å²) in [4.78, 5) is 5.52. The first-order valence-electron chi connectivity index (χ1n) is 5.35. The maximum absolute atomic E-state index is 3.30. The van der Waals surface area contributed by atoms with Crippen LogP contribution in [0.25, 0.3) is 0 Å². The van der Waals surface area contributed by atoms with Crippen molar-refractivity contribution in [1.82, 2.24) is 15.2 Å². The summed E-state index contributed by atoms with van der Waals surface area (Å²) in [7, 11) is 2.21. The normalized spacial score (nSPS) is 17.3. The fourth-order valence-electron chi connectivity index (χ4n) is 1.84. The highest BCUT2D eigenvalue weighted by Crippen LogP contribution is 2.05. The third kappa shape index (κ3) is 2.59. The summed E-state index contributed by atoms with van der Waals surface area (Å²) in [6.07, 6.45) is 5.23. The van der Waals surface area contributed by atoms with Gasteiger partial charge in [0.1, 0.15) is 0 Å². The topological polar surface area (TPSA) is 31.1 Å². The lowest BCUT2D eigenvalue weighted by Gasteiger charge is -2.31. The van der Waals surface area contributed by atoms with Gasteiger partial charge in [-0.15, -0.1) is 0 Å². The minimum Gasteiger partial charge on any atom is -0.367 e. The molecule has 0 amide bonds. The van der Waals surface area contributed by atoms with Gasteiger partial charge in [0.2, 0.25) is 0 Å². The first kappa shape index (κ1) is 9.74. The van der Waals surface area contributed by atoms with E-state index in [1.165, 1.54) is 25.2 Å². The molecule has 14 heavy (non-hydrogen) atoms. The number of nitrogens with zero attached hydrogens (tertiary/aromatic N) is 1. The molecule has 0 saturated carbocycles. The van der Waals surface area contributed by atoms with Gasteiger partial charge >= 0.3 is 0 Å².